The van der Waals surface area contributed by atoms with E-state index in [2.05, 4.69) is 10.4 Å². The fourth-order valence-electron chi connectivity index (χ4n) is 4.91. The van der Waals surface area contributed by atoms with Crippen LogP contribution in [0.2, 0.25) is 0 Å². The molecule has 0 spiro atoms. The predicted molar refractivity (Wildman–Crippen MR) is 117 cm³/mol. The third-order valence-electron chi connectivity index (χ3n) is 6.56. The highest BCUT2D eigenvalue weighted by Gasteiger charge is 2.47. The SMILES string of the molecule is O=C(c1cc2n(n1)[C@H](C(F)(F)F)C[C@H](c1ccc3c(c1)OCO3)N2)N1CCCc2ccccc21. The summed E-state index contributed by atoms with van der Waals surface area (Å²) in [6, 6.07) is 11.6. The fourth-order valence-corrected chi connectivity index (χ4v) is 4.91. The molecular weight excluding hydrogens is 449 g/mol. The van der Waals surface area contributed by atoms with E-state index >= 15 is 0 Å². The van der Waals surface area contributed by atoms with Gasteiger partial charge in [0.1, 0.15) is 5.82 Å². The lowest BCUT2D eigenvalue weighted by atomic mass is 9.96. The van der Waals surface area contributed by atoms with Crippen molar-refractivity contribution in [2.75, 3.05) is 23.6 Å². The van der Waals surface area contributed by atoms with Crippen LogP contribution in [0.4, 0.5) is 24.7 Å². The summed E-state index contributed by atoms with van der Waals surface area (Å²) in [7, 11) is 0. The van der Waals surface area contributed by atoms with Crippen LogP contribution >= 0.6 is 0 Å². The number of aryl methyl sites for hydroxylation is 1. The lowest BCUT2D eigenvalue weighted by Gasteiger charge is -2.33. The van der Waals surface area contributed by atoms with Crippen LogP contribution < -0.4 is 19.7 Å². The Hall–Kier alpha value is -3.69. The zero-order valence-electron chi connectivity index (χ0n) is 18.0. The van der Waals surface area contributed by atoms with E-state index in [4.69, 9.17) is 9.47 Å². The molecule has 3 aliphatic heterocycles. The minimum Gasteiger partial charge on any atom is -0.454 e. The molecule has 0 saturated heterocycles. The summed E-state index contributed by atoms with van der Waals surface area (Å²) in [6.07, 6.45) is -3.16. The van der Waals surface area contributed by atoms with Crippen molar-refractivity contribution in [3.63, 3.8) is 0 Å². The number of rotatable bonds is 2. The Morgan fingerprint density at radius 3 is 2.76 bits per heavy atom. The molecule has 0 saturated carbocycles. The second kappa shape index (κ2) is 7.68. The number of benzene rings is 2. The highest BCUT2D eigenvalue weighted by molar-refractivity contribution is 6.06. The highest BCUT2D eigenvalue weighted by Crippen LogP contribution is 2.45. The summed E-state index contributed by atoms with van der Waals surface area (Å²) in [5.41, 5.74) is 2.45. The molecule has 0 radical (unpaired) electrons. The van der Waals surface area contributed by atoms with Crippen molar-refractivity contribution in [1.82, 2.24) is 9.78 Å². The number of hydrogen-bond acceptors (Lipinski definition) is 5. The Morgan fingerprint density at radius 2 is 1.91 bits per heavy atom. The van der Waals surface area contributed by atoms with Gasteiger partial charge in [-0.15, -0.1) is 0 Å². The summed E-state index contributed by atoms with van der Waals surface area (Å²) in [5, 5.41) is 7.27. The summed E-state index contributed by atoms with van der Waals surface area (Å²) in [4.78, 5) is 14.9. The number of amides is 1. The van der Waals surface area contributed by atoms with Crippen molar-refractivity contribution >= 4 is 17.4 Å². The maximum Gasteiger partial charge on any atom is 0.410 e. The lowest BCUT2D eigenvalue weighted by molar-refractivity contribution is -0.173. The van der Waals surface area contributed by atoms with Gasteiger partial charge in [0.25, 0.3) is 5.91 Å². The first-order valence-corrected chi connectivity index (χ1v) is 11.1. The molecule has 3 aliphatic rings. The molecule has 3 aromatic rings. The average molecular weight is 470 g/mol. The van der Waals surface area contributed by atoms with Crippen molar-refractivity contribution in [3.05, 3.63) is 65.4 Å². The number of carbonyl (C=O) groups is 1. The van der Waals surface area contributed by atoms with Crippen LogP contribution in [-0.2, 0) is 6.42 Å². The number of anilines is 2. The molecule has 10 heteroatoms. The first kappa shape index (κ1) is 20.9. The van der Waals surface area contributed by atoms with E-state index in [9.17, 15) is 18.0 Å². The topological polar surface area (TPSA) is 68.6 Å². The van der Waals surface area contributed by atoms with Crippen LogP contribution in [0.15, 0.2) is 48.5 Å². The molecule has 34 heavy (non-hydrogen) atoms. The van der Waals surface area contributed by atoms with Gasteiger partial charge in [-0.3, -0.25) is 4.79 Å². The van der Waals surface area contributed by atoms with Crippen LogP contribution in [0, 0.1) is 0 Å². The van der Waals surface area contributed by atoms with Crippen LogP contribution in [0.1, 0.15) is 46.5 Å². The maximum atomic E-state index is 14.1. The van der Waals surface area contributed by atoms with E-state index in [0.29, 0.717) is 23.6 Å². The molecule has 0 aliphatic carbocycles. The van der Waals surface area contributed by atoms with Crippen molar-refractivity contribution in [2.24, 2.45) is 0 Å². The van der Waals surface area contributed by atoms with Crippen molar-refractivity contribution in [3.8, 4) is 11.5 Å². The number of halogens is 3. The number of ether oxygens (including phenoxy) is 2. The van der Waals surface area contributed by atoms with E-state index in [1.807, 2.05) is 24.3 Å². The van der Waals surface area contributed by atoms with E-state index in [1.165, 1.54) is 6.07 Å². The van der Waals surface area contributed by atoms with Gasteiger partial charge >= 0.3 is 6.18 Å². The lowest BCUT2D eigenvalue weighted by Crippen LogP contribution is -2.37. The number of nitrogens with zero attached hydrogens (tertiary/aromatic N) is 3. The Balaban J connectivity index is 1.34. The number of para-hydroxylation sites is 1. The van der Waals surface area contributed by atoms with Crippen molar-refractivity contribution in [2.45, 2.75) is 37.5 Å². The van der Waals surface area contributed by atoms with Gasteiger partial charge in [0.05, 0.1) is 6.04 Å². The Bertz CT molecular complexity index is 1270. The quantitative estimate of drug-likeness (QED) is 0.579. The molecule has 176 valence electrons. The molecule has 0 bridgehead atoms. The molecular formula is C24H21F3N4O3. The predicted octanol–water partition coefficient (Wildman–Crippen LogP) is 4.87. The van der Waals surface area contributed by atoms with Gasteiger partial charge in [-0.1, -0.05) is 24.3 Å². The minimum absolute atomic E-state index is 0.0141. The van der Waals surface area contributed by atoms with Gasteiger partial charge in [-0.05, 0) is 42.2 Å². The van der Waals surface area contributed by atoms with E-state index in [-0.39, 0.29) is 24.7 Å². The summed E-state index contributed by atoms with van der Waals surface area (Å²) in [6.45, 7) is 0.577. The molecule has 0 unspecified atom stereocenters. The summed E-state index contributed by atoms with van der Waals surface area (Å²) in [5.74, 6) is 0.814. The number of fused-ring (bicyclic) bond motifs is 3. The molecule has 1 aromatic heterocycles. The Kier molecular flexibility index (Phi) is 4.72. The minimum atomic E-state index is -4.53. The van der Waals surface area contributed by atoms with Gasteiger partial charge in [0, 0.05) is 24.7 Å². The summed E-state index contributed by atoms with van der Waals surface area (Å²) < 4.78 is 53.8. The van der Waals surface area contributed by atoms with Crippen LogP contribution in [-0.4, -0.2) is 35.2 Å². The maximum absolute atomic E-state index is 14.1. The van der Waals surface area contributed by atoms with Gasteiger partial charge in [-0.25, -0.2) is 4.68 Å². The average Bonchev–Trinajstić information content (AvgIpc) is 3.48. The third-order valence-corrected chi connectivity index (χ3v) is 6.56. The first-order valence-electron chi connectivity index (χ1n) is 11.1. The first-order chi connectivity index (χ1) is 16.4. The zero-order chi connectivity index (χ0) is 23.4. The standard InChI is InChI=1S/C24H21F3N4O3/c25-24(26,27)21-11-16(15-7-8-19-20(10-15)34-13-33-19)28-22-12-17(29-31(21)22)23(32)30-9-3-5-14-4-1-2-6-18(14)30/h1-2,4,6-8,10,12,16,21,28H,3,5,9,11,13H2/t16-,21+/m1/s1. The van der Waals surface area contributed by atoms with E-state index in [0.717, 1.165) is 28.8 Å². The van der Waals surface area contributed by atoms with Crippen LogP contribution in [0.3, 0.4) is 0 Å². The number of nitrogens with one attached hydrogen (secondary N) is 1. The number of hydrogen-bond donors (Lipinski definition) is 1. The molecule has 2 atom stereocenters. The zero-order valence-corrected chi connectivity index (χ0v) is 18.0. The molecule has 7 nitrogen and oxygen atoms in total. The monoisotopic (exact) mass is 470 g/mol. The van der Waals surface area contributed by atoms with E-state index in [1.54, 1.807) is 23.1 Å². The molecule has 1 amide bonds. The summed E-state index contributed by atoms with van der Waals surface area (Å²) >= 11 is 0. The number of alkyl halides is 3. The second-order valence-electron chi connectivity index (χ2n) is 8.65. The fraction of sp³-hybridized carbons (Fsp3) is 0.333. The molecule has 4 heterocycles. The number of carbonyl (C=O) groups excluding carboxylic acids is 1. The van der Waals surface area contributed by atoms with E-state index < -0.39 is 24.2 Å². The smallest absolute Gasteiger partial charge is 0.410 e. The van der Waals surface area contributed by atoms with Gasteiger partial charge in [-0.2, -0.15) is 18.3 Å². The molecule has 0 fully saturated rings. The molecule has 6 rings (SSSR count). The Labute approximate surface area is 193 Å². The Morgan fingerprint density at radius 1 is 1.09 bits per heavy atom. The largest absolute Gasteiger partial charge is 0.454 e. The van der Waals surface area contributed by atoms with Gasteiger partial charge in [0.15, 0.2) is 23.2 Å². The highest BCUT2D eigenvalue weighted by atomic mass is 19.4. The van der Waals surface area contributed by atoms with Crippen molar-refractivity contribution < 1.29 is 27.4 Å². The van der Waals surface area contributed by atoms with Crippen molar-refractivity contribution in [1.29, 1.82) is 0 Å². The normalized spacial score (nSPS) is 21.0. The van der Waals surface area contributed by atoms with Crippen LogP contribution in [0.5, 0.6) is 11.5 Å². The van der Waals surface area contributed by atoms with Crippen LogP contribution in [0.25, 0.3) is 0 Å². The van der Waals surface area contributed by atoms with Gasteiger partial charge < -0.3 is 19.7 Å². The molecule has 2 aromatic carbocycles. The van der Waals surface area contributed by atoms with Gasteiger partial charge in [0.2, 0.25) is 6.79 Å². The second-order valence-corrected chi connectivity index (χ2v) is 8.65. The third kappa shape index (κ3) is 3.44. The number of aromatic nitrogens is 2. The molecule has 1 N–H and O–H groups in total.